The molecule has 2 aliphatic heterocycles. The molecule has 0 spiro atoms. The molecule has 0 bridgehead atoms. The second kappa shape index (κ2) is 11.8. The van der Waals surface area contributed by atoms with E-state index in [1.807, 2.05) is 61.2 Å². The van der Waals surface area contributed by atoms with Crippen LogP contribution in [-0.2, 0) is 16.2 Å². The van der Waals surface area contributed by atoms with Crippen LogP contribution in [0.3, 0.4) is 0 Å². The summed E-state index contributed by atoms with van der Waals surface area (Å²) in [5.41, 5.74) is 9.78. The Hall–Kier alpha value is -4.53. The summed E-state index contributed by atoms with van der Waals surface area (Å²) in [6, 6.07) is 36.2. The third-order valence-electron chi connectivity index (χ3n) is 12.1. The van der Waals surface area contributed by atoms with Crippen LogP contribution in [0.15, 0.2) is 119 Å². The van der Waals surface area contributed by atoms with Crippen molar-refractivity contribution in [3.8, 4) is 44.9 Å². The zero-order chi connectivity index (χ0) is 41.0. The van der Waals surface area contributed by atoms with Crippen molar-refractivity contribution in [2.75, 3.05) is 0 Å². The van der Waals surface area contributed by atoms with Crippen molar-refractivity contribution >= 4 is 11.8 Å². The highest BCUT2D eigenvalue weighted by atomic mass is 32.2. The third kappa shape index (κ3) is 4.90. The molecule has 0 fully saturated rings. The van der Waals surface area contributed by atoms with Gasteiger partial charge in [-0.3, -0.25) is 0 Å². The van der Waals surface area contributed by atoms with Crippen molar-refractivity contribution < 1.29 is 13.0 Å². The molecule has 0 saturated carbocycles. The quantitative estimate of drug-likeness (QED) is 0.183. The van der Waals surface area contributed by atoms with Crippen molar-refractivity contribution in [2.45, 2.75) is 95.1 Å². The van der Waals surface area contributed by atoms with Crippen LogP contribution in [0, 0.1) is 27.6 Å². The molecule has 2 aliphatic rings. The van der Waals surface area contributed by atoms with E-state index in [2.05, 4.69) is 90.1 Å². The minimum absolute atomic E-state index is 0.150. The third-order valence-corrected chi connectivity index (χ3v) is 13.4. The predicted octanol–water partition coefficient (Wildman–Crippen LogP) is 14.1. The molecule has 51 heavy (non-hydrogen) atoms. The van der Waals surface area contributed by atoms with Crippen LogP contribution in [0.4, 0.5) is 0 Å². The summed E-state index contributed by atoms with van der Waals surface area (Å²) in [6.07, 6.45) is 0. The minimum Gasteiger partial charge on any atom is -0.456 e. The van der Waals surface area contributed by atoms with Gasteiger partial charge in [-0.05, 0) is 112 Å². The standard InChI is InChI=1S/C49H48OS/c1-29-25-27-33(31(3)43(29)35-17-15-21-39-45(35)50-41-23-13-11-19-37(41)47(39,5)6)34-28-26-30(2)44(32(34)4)36-18-16-22-40-46(36)51-42-24-14-12-20-38(42)48(7,8)49(40,9)10/h11-28H,1-10H3/i3D3,5D3. The maximum atomic E-state index is 9.11. The molecule has 2 heterocycles. The van der Waals surface area contributed by atoms with E-state index in [1.165, 1.54) is 20.9 Å². The Morgan fingerprint density at radius 2 is 1.10 bits per heavy atom. The van der Waals surface area contributed by atoms with Crippen molar-refractivity contribution in [1.82, 2.24) is 0 Å². The van der Waals surface area contributed by atoms with Crippen molar-refractivity contribution in [3.05, 3.63) is 154 Å². The molecule has 0 aliphatic carbocycles. The Morgan fingerprint density at radius 3 is 1.80 bits per heavy atom. The molecule has 6 aromatic carbocycles. The molecule has 0 aromatic heterocycles. The van der Waals surface area contributed by atoms with Gasteiger partial charge in [-0.15, -0.1) is 0 Å². The number of ether oxygens (including phenoxy) is 1. The molecule has 256 valence electrons. The number of hydrogen-bond acceptors (Lipinski definition) is 2. The second-order valence-electron chi connectivity index (χ2n) is 15.5. The van der Waals surface area contributed by atoms with Gasteiger partial charge in [0.1, 0.15) is 11.5 Å². The smallest absolute Gasteiger partial charge is 0.139 e. The van der Waals surface area contributed by atoms with Gasteiger partial charge in [0.2, 0.25) is 0 Å². The van der Waals surface area contributed by atoms with Crippen molar-refractivity contribution in [1.29, 1.82) is 0 Å². The van der Waals surface area contributed by atoms with Crippen molar-refractivity contribution in [3.63, 3.8) is 0 Å². The van der Waals surface area contributed by atoms with E-state index < -0.39 is 19.1 Å². The van der Waals surface area contributed by atoms with Gasteiger partial charge >= 0.3 is 0 Å². The van der Waals surface area contributed by atoms with E-state index in [9.17, 15) is 0 Å². The topological polar surface area (TPSA) is 9.23 Å². The normalized spacial score (nSPS) is 20.3. The molecular weight excluding hydrogens is 637 g/mol. The molecule has 2 heteroatoms. The van der Waals surface area contributed by atoms with E-state index in [0.29, 0.717) is 39.3 Å². The highest BCUT2D eigenvalue weighted by Crippen LogP contribution is 2.57. The lowest BCUT2D eigenvalue weighted by molar-refractivity contribution is 0.296. The first-order valence-electron chi connectivity index (χ1n) is 20.8. The van der Waals surface area contributed by atoms with Crippen LogP contribution in [0.5, 0.6) is 11.5 Å². The Labute approximate surface area is 317 Å². The van der Waals surface area contributed by atoms with Gasteiger partial charge in [-0.2, -0.15) is 0 Å². The van der Waals surface area contributed by atoms with Gasteiger partial charge in [-0.1, -0.05) is 150 Å². The zero-order valence-electron chi connectivity index (χ0n) is 36.7. The van der Waals surface area contributed by atoms with Gasteiger partial charge in [0, 0.05) is 40.1 Å². The van der Waals surface area contributed by atoms with E-state index in [0.717, 1.165) is 33.4 Å². The highest BCUT2D eigenvalue weighted by Gasteiger charge is 2.45. The first-order chi connectivity index (χ1) is 26.7. The lowest BCUT2D eigenvalue weighted by Gasteiger charge is -2.42. The molecular formula is C49H48OS. The Bertz CT molecular complexity index is 2610. The van der Waals surface area contributed by atoms with Gasteiger partial charge in [0.05, 0.1) is 0 Å². The molecule has 0 radical (unpaired) electrons. The SMILES string of the molecule is [2H]C([2H])([2H])c1c(-c2ccc(C)c(-c3cccc4c3Sc3ccccc3C(C)(C)C4(C)C)c2C)ccc(C)c1-c1cccc2c1Oc1ccccc1C2(C)C([2H])([2H])[2H]. The fourth-order valence-electron chi connectivity index (χ4n) is 8.48. The first-order valence-corrected chi connectivity index (χ1v) is 18.6. The summed E-state index contributed by atoms with van der Waals surface area (Å²) < 4.78 is 60.2. The van der Waals surface area contributed by atoms with E-state index in [1.54, 1.807) is 25.1 Å². The van der Waals surface area contributed by atoms with Gasteiger partial charge in [-0.25, -0.2) is 0 Å². The number of para-hydroxylation sites is 2. The number of hydrogen-bond donors (Lipinski definition) is 0. The minimum atomic E-state index is -2.53. The van der Waals surface area contributed by atoms with Crippen LogP contribution in [-0.4, -0.2) is 0 Å². The number of aryl methyl sites for hydroxylation is 2. The largest absolute Gasteiger partial charge is 0.456 e. The van der Waals surface area contributed by atoms with Crippen LogP contribution in [0.25, 0.3) is 33.4 Å². The Morgan fingerprint density at radius 1 is 0.529 bits per heavy atom. The Balaban J connectivity index is 1.38. The molecule has 0 amide bonds. The van der Waals surface area contributed by atoms with E-state index >= 15 is 0 Å². The van der Waals surface area contributed by atoms with Gasteiger partial charge in [0.15, 0.2) is 0 Å². The molecule has 0 N–H and O–H groups in total. The predicted molar refractivity (Wildman–Crippen MR) is 217 cm³/mol. The van der Waals surface area contributed by atoms with E-state index in [4.69, 9.17) is 13.0 Å². The maximum absolute atomic E-state index is 9.11. The number of benzene rings is 6. The molecule has 6 aromatic rings. The molecule has 0 saturated heterocycles. The van der Waals surface area contributed by atoms with Gasteiger partial charge in [0.25, 0.3) is 0 Å². The highest BCUT2D eigenvalue weighted by molar-refractivity contribution is 7.99. The molecule has 1 nitrogen and oxygen atoms in total. The van der Waals surface area contributed by atoms with Crippen LogP contribution >= 0.6 is 11.8 Å². The summed E-state index contributed by atoms with van der Waals surface area (Å²) in [6.45, 7) is 12.3. The maximum Gasteiger partial charge on any atom is 0.139 e. The fraction of sp³-hybridized carbons (Fsp3) is 0.265. The van der Waals surface area contributed by atoms with Crippen LogP contribution in [0.2, 0.25) is 0 Å². The first kappa shape index (κ1) is 27.2. The fourth-order valence-corrected chi connectivity index (χ4v) is 10.00. The van der Waals surface area contributed by atoms with E-state index in [-0.39, 0.29) is 16.4 Å². The molecule has 1 atom stereocenters. The van der Waals surface area contributed by atoms with Crippen LogP contribution < -0.4 is 4.74 Å². The summed E-state index contributed by atoms with van der Waals surface area (Å²) in [7, 11) is 0. The van der Waals surface area contributed by atoms with Gasteiger partial charge < -0.3 is 4.74 Å². The molecule has 8 rings (SSSR count). The average molecular weight is 691 g/mol. The summed E-state index contributed by atoms with van der Waals surface area (Å²) >= 11 is 1.82. The van der Waals surface area contributed by atoms with Crippen molar-refractivity contribution in [2.24, 2.45) is 0 Å². The zero-order valence-corrected chi connectivity index (χ0v) is 31.5. The van der Waals surface area contributed by atoms with Crippen LogP contribution in [0.1, 0.15) is 94.2 Å². The summed E-state index contributed by atoms with van der Waals surface area (Å²) in [4.78, 5) is 2.46. The summed E-state index contributed by atoms with van der Waals surface area (Å²) in [5, 5.41) is 0. The average Bonchev–Trinajstić information content (AvgIpc) is 3.21. The summed E-state index contributed by atoms with van der Waals surface area (Å²) in [5.74, 6) is 0.824. The monoisotopic (exact) mass is 690 g/mol. The Kier molecular flexibility index (Phi) is 6.26. The number of fused-ring (bicyclic) bond motifs is 4. The molecule has 1 unspecified atom stereocenters. The lowest BCUT2D eigenvalue weighted by Crippen LogP contribution is -2.40. The number of rotatable bonds is 3. The lowest BCUT2D eigenvalue weighted by atomic mass is 9.61. The second-order valence-corrected chi connectivity index (χ2v) is 16.6.